The predicted octanol–water partition coefficient (Wildman–Crippen LogP) is 2.11. The van der Waals surface area contributed by atoms with E-state index in [0.717, 1.165) is 12.8 Å². The van der Waals surface area contributed by atoms with Crippen molar-refractivity contribution in [3.05, 3.63) is 35.6 Å². The van der Waals surface area contributed by atoms with E-state index in [-0.39, 0.29) is 17.3 Å². The minimum atomic E-state index is -1.08. The van der Waals surface area contributed by atoms with E-state index >= 15 is 0 Å². The second-order valence-electron chi connectivity index (χ2n) is 4.58. The maximum atomic E-state index is 11.9. The Kier molecular flexibility index (Phi) is 4.20. The molecule has 1 fully saturated rings. The summed E-state index contributed by atoms with van der Waals surface area (Å²) in [4.78, 5) is 12.6. The van der Waals surface area contributed by atoms with E-state index < -0.39 is 16.7 Å². The first-order valence-electron chi connectivity index (χ1n) is 6.11. The SMILES string of the molecule is C[S@](=O)c1ccc(NC(=O)/C(C#N)=C(\O)C2CC2)cc1. The Hall–Kier alpha value is -2.13. The Morgan fingerprint density at radius 1 is 1.40 bits per heavy atom. The van der Waals surface area contributed by atoms with Crippen LogP contribution in [0.1, 0.15) is 12.8 Å². The van der Waals surface area contributed by atoms with Gasteiger partial charge in [-0.15, -0.1) is 0 Å². The van der Waals surface area contributed by atoms with E-state index in [1.165, 1.54) is 0 Å². The Morgan fingerprint density at radius 2 is 2.00 bits per heavy atom. The highest BCUT2D eigenvalue weighted by molar-refractivity contribution is 7.84. The summed E-state index contributed by atoms with van der Waals surface area (Å²) >= 11 is 0. The molecule has 1 atom stereocenters. The number of aliphatic hydroxyl groups is 1. The van der Waals surface area contributed by atoms with Gasteiger partial charge in [-0.2, -0.15) is 5.26 Å². The van der Waals surface area contributed by atoms with Crippen molar-refractivity contribution >= 4 is 22.4 Å². The number of aliphatic hydroxyl groups excluding tert-OH is 1. The first kappa shape index (κ1) is 14.3. The highest BCUT2D eigenvalue weighted by Crippen LogP contribution is 2.36. The van der Waals surface area contributed by atoms with Gasteiger partial charge in [-0.3, -0.25) is 9.00 Å². The van der Waals surface area contributed by atoms with Crippen molar-refractivity contribution in [3.8, 4) is 6.07 Å². The van der Waals surface area contributed by atoms with Crippen molar-refractivity contribution < 1.29 is 14.1 Å². The molecule has 20 heavy (non-hydrogen) atoms. The third-order valence-corrected chi connectivity index (χ3v) is 3.94. The van der Waals surface area contributed by atoms with Crippen molar-refractivity contribution in [3.63, 3.8) is 0 Å². The van der Waals surface area contributed by atoms with Crippen LogP contribution in [0.15, 0.2) is 40.5 Å². The summed E-state index contributed by atoms with van der Waals surface area (Å²) in [6.07, 6.45) is 3.18. The Morgan fingerprint density at radius 3 is 2.45 bits per heavy atom. The van der Waals surface area contributed by atoms with Crippen LogP contribution >= 0.6 is 0 Å². The summed E-state index contributed by atoms with van der Waals surface area (Å²) in [5, 5.41) is 21.3. The van der Waals surface area contributed by atoms with Gasteiger partial charge >= 0.3 is 0 Å². The molecule has 0 bridgehead atoms. The fourth-order valence-corrected chi connectivity index (χ4v) is 2.23. The molecular formula is C14H14N2O3S. The minimum absolute atomic E-state index is 0.0553. The average molecular weight is 290 g/mol. The smallest absolute Gasteiger partial charge is 0.269 e. The van der Waals surface area contributed by atoms with Crippen LogP contribution in [0.25, 0.3) is 0 Å². The lowest BCUT2D eigenvalue weighted by Gasteiger charge is -2.06. The Labute approximate surface area is 119 Å². The molecule has 0 spiro atoms. The largest absolute Gasteiger partial charge is 0.510 e. The Bertz CT molecular complexity index is 625. The van der Waals surface area contributed by atoms with Crippen molar-refractivity contribution in [2.24, 2.45) is 5.92 Å². The summed E-state index contributed by atoms with van der Waals surface area (Å²) in [6.45, 7) is 0. The zero-order valence-corrected chi connectivity index (χ0v) is 11.7. The molecule has 1 aliphatic carbocycles. The highest BCUT2D eigenvalue weighted by atomic mass is 32.2. The molecule has 2 rings (SSSR count). The second kappa shape index (κ2) is 5.88. The number of nitrogens with one attached hydrogen (secondary N) is 1. The number of benzene rings is 1. The molecule has 0 saturated heterocycles. The molecule has 0 unspecified atom stereocenters. The number of rotatable bonds is 4. The van der Waals surface area contributed by atoms with Crippen LogP contribution in [0, 0.1) is 17.2 Å². The molecule has 1 aromatic rings. The van der Waals surface area contributed by atoms with Crippen LogP contribution in [-0.4, -0.2) is 21.5 Å². The third kappa shape index (κ3) is 3.25. The van der Waals surface area contributed by atoms with Crippen LogP contribution in [0.2, 0.25) is 0 Å². The van der Waals surface area contributed by atoms with Crippen LogP contribution in [0.3, 0.4) is 0 Å². The number of hydrogen-bond donors (Lipinski definition) is 2. The number of carbonyl (C=O) groups excluding carboxylic acids is 1. The molecule has 0 aromatic heterocycles. The highest BCUT2D eigenvalue weighted by Gasteiger charge is 2.30. The average Bonchev–Trinajstić information content (AvgIpc) is 3.24. The van der Waals surface area contributed by atoms with Gasteiger partial charge < -0.3 is 10.4 Å². The molecule has 2 N–H and O–H groups in total. The first-order valence-corrected chi connectivity index (χ1v) is 7.66. The van der Waals surface area contributed by atoms with Gasteiger partial charge in [0.2, 0.25) is 0 Å². The van der Waals surface area contributed by atoms with Gasteiger partial charge in [0.15, 0.2) is 5.57 Å². The van der Waals surface area contributed by atoms with Gasteiger partial charge in [-0.25, -0.2) is 0 Å². The molecule has 1 saturated carbocycles. The number of amides is 1. The maximum absolute atomic E-state index is 11.9. The van der Waals surface area contributed by atoms with Crippen molar-refractivity contribution in [1.82, 2.24) is 0 Å². The molecule has 1 amide bonds. The molecule has 104 valence electrons. The van der Waals surface area contributed by atoms with Crippen molar-refractivity contribution in [2.45, 2.75) is 17.7 Å². The maximum Gasteiger partial charge on any atom is 0.269 e. The van der Waals surface area contributed by atoms with Crippen LogP contribution in [0.4, 0.5) is 5.69 Å². The van der Waals surface area contributed by atoms with Gasteiger partial charge in [-0.1, -0.05) is 0 Å². The summed E-state index contributed by atoms with van der Waals surface area (Å²) in [7, 11) is -1.08. The lowest BCUT2D eigenvalue weighted by molar-refractivity contribution is -0.112. The van der Waals surface area contributed by atoms with E-state index in [1.807, 2.05) is 0 Å². The summed E-state index contributed by atoms with van der Waals surface area (Å²) in [6, 6.07) is 8.24. The fraction of sp³-hybridized carbons (Fsp3) is 0.286. The number of nitriles is 1. The van der Waals surface area contributed by atoms with Crippen LogP contribution in [0.5, 0.6) is 0 Å². The zero-order chi connectivity index (χ0) is 14.7. The van der Waals surface area contributed by atoms with Gasteiger partial charge in [-0.05, 0) is 37.1 Å². The lowest BCUT2D eigenvalue weighted by Crippen LogP contribution is -2.16. The quantitative estimate of drug-likeness (QED) is 0.505. The monoisotopic (exact) mass is 290 g/mol. The van der Waals surface area contributed by atoms with Gasteiger partial charge in [0.1, 0.15) is 11.8 Å². The van der Waals surface area contributed by atoms with Crippen LogP contribution < -0.4 is 5.32 Å². The van der Waals surface area contributed by atoms with E-state index in [1.54, 1.807) is 36.6 Å². The third-order valence-electron chi connectivity index (χ3n) is 3.00. The molecule has 1 aromatic carbocycles. The molecular weight excluding hydrogens is 276 g/mol. The number of carbonyl (C=O) groups is 1. The predicted molar refractivity (Wildman–Crippen MR) is 75.4 cm³/mol. The van der Waals surface area contributed by atoms with Gasteiger partial charge in [0.05, 0.1) is 0 Å². The standard InChI is InChI=1S/C14H14N2O3S/c1-20(19)11-6-4-10(5-7-11)16-14(18)12(8-15)13(17)9-2-3-9/h4-7,9,17H,2-3H2,1H3,(H,16,18)/b13-12-/t20-/m0/s1. The topological polar surface area (TPSA) is 90.2 Å². The molecule has 1 aliphatic rings. The molecule has 0 radical (unpaired) electrons. The van der Waals surface area contributed by atoms with E-state index in [2.05, 4.69) is 5.32 Å². The number of nitrogens with zero attached hydrogens (tertiary/aromatic N) is 1. The zero-order valence-electron chi connectivity index (χ0n) is 10.9. The Balaban J connectivity index is 2.13. The first-order chi connectivity index (χ1) is 9.52. The molecule has 5 nitrogen and oxygen atoms in total. The summed E-state index contributed by atoms with van der Waals surface area (Å²) < 4.78 is 11.2. The van der Waals surface area contributed by atoms with Crippen molar-refractivity contribution in [2.75, 3.05) is 11.6 Å². The molecule has 6 heteroatoms. The second-order valence-corrected chi connectivity index (χ2v) is 5.96. The normalized spacial score (nSPS) is 16.8. The van der Waals surface area contributed by atoms with Gasteiger partial charge in [0.25, 0.3) is 5.91 Å². The van der Waals surface area contributed by atoms with Crippen LogP contribution in [-0.2, 0) is 15.6 Å². The fourth-order valence-electron chi connectivity index (χ4n) is 1.71. The molecule has 0 heterocycles. The molecule has 0 aliphatic heterocycles. The summed E-state index contributed by atoms with van der Waals surface area (Å²) in [5.41, 5.74) is 0.246. The van der Waals surface area contributed by atoms with Gasteiger partial charge in [0, 0.05) is 33.6 Å². The van der Waals surface area contributed by atoms with E-state index in [4.69, 9.17) is 5.26 Å². The minimum Gasteiger partial charge on any atom is -0.510 e. The number of allylic oxidation sites excluding steroid dienone is 1. The number of hydrogen-bond acceptors (Lipinski definition) is 4. The van der Waals surface area contributed by atoms with Crippen molar-refractivity contribution in [1.29, 1.82) is 5.26 Å². The number of anilines is 1. The lowest BCUT2D eigenvalue weighted by atomic mass is 10.1. The van der Waals surface area contributed by atoms with E-state index in [9.17, 15) is 14.1 Å². The van der Waals surface area contributed by atoms with E-state index in [0.29, 0.717) is 10.6 Å². The summed E-state index contributed by atoms with van der Waals surface area (Å²) in [5.74, 6) is -0.807.